The molecule has 0 unspecified atom stereocenters. The number of thiophene rings is 1. The number of nitrogens with zero attached hydrogens (tertiary/aromatic N) is 1. The Morgan fingerprint density at radius 3 is 2.53 bits per heavy atom. The molecule has 1 amide bonds. The highest BCUT2D eigenvalue weighted by Crippen LogP contribution is 2.35. The maximum absolute atomic E-state index is 13.4. The number of hydrogen-bond donors (Lipinski definition) is 2. The molecule has 158 valence electrons. The molecule has 3 heterocycles. The van der Waals surface area contributed by atoms with Gasteiger partial charge in [-0.1, -0.05) is 23.7 Å². The van der Waals surface area contributed by atoms with Gasteiger partial charge in [-0.25, -0.2) is 8.42 Å². The van der Waals surface area contributed by atoms with E-state index in [1.54, 1.807) is 24.3 Å². The second kappa shape index (κ2) is 8.12. The topological polar surface area (TPSA) is 123 Å². The van der Waals surface area contributed by atoms with Crippen molar-refractivity contribution in [2.24, 2.45) is 5.73 Å². The molecule has 11 heteroatoms. The molecule has 30 heavy (non-hydrogen) atoms. The summed E-state index contributed by atoms with van der Waals surface area (Å²) in [5.74, 6) is -0.876. The molecule has 0 bridgehead atoms. The predicted octanol–water partition coefficient (Wildman–Crippen LogP) is 1.95. The number of nitrogens with two attached hydrogens (primary N) is 1. The van der Waals surface area contributed by atoms with Crippen LogP contribution in [0, 0.1) is 0 Å². The van der Waals surface area contributed by atoms with E-state index >= 15 is 0 Å². The van der Waals surface area contributed by atoms with Crippen molar-refractivity contribution in [3.8, 4) is 0 Å². The number of hydrogen-bond acceptors (Lipinski definition) is 6. The minimum absolute atomic E-state index is 0.0734. The summed E-state index contributed by atoms with van der Waals surface area (Å²) in [7, 11) is -3.86. The van der Waals surface area contributed by atoms with Crippen LogP contribution in [-0.4, -0.2) is 49.9 Å². The summed E-state index contributed by atoms with van der Waals surface area (Å²) in [6, 6.07) is 6.92. The Morgan fingerprint density at radius 1 is 1.23 bits per heavy atom. The molecule has 8 nitrogen and oxygen atoms in total. The second-order valence-electron chi connectivity index (χ2n) is 6.79. The number of halogens is 1. The van der Waals surface area contributed by atoms with Gasteiger partial charge in [0, 0.05) is 36.3 Å². The van der Waals surface area contributed by atoms with E-state index in [0.29, 0.717) is 28.6 Å². The monoisotopic (exact) mass is 467 g/mol. The average molecular weight is 468 g/mol. The van der Waals surface area contributed by atoms with Crippen molar-refractivity contribution >= 4 is 49.1 Å². The van der Waals surface area contributed by atoms with Gasteiger partial charge >= 0.3 is 0 Å². The first-order valence-corrected chi connectivity index (χ1v) is 11.7. The van der Waals surface area contributed by atoms with E-state index in [1.807, 2.05) is 0 Å². The lowest BCUT2D eigenvalue weighted by molar-refractivity contribution is 0.0731. The van der Waals surface area contributed by atoms with Gasteiger partial charge in [0.1, 0.15) is 14.6 Å². The number of morpholine rings is 1. The quantitative estimate of drug-likeness (QED) is 0.593. The number of fused-ring (bicyclic) bond motifs is 1. The fourth-order valence-corrected chi connectivity index (χ4v) is 6.77. The predicted molar refractivity (Wildman–Crippen MR) is 115 cm³/mol. The number of aromatic nitrogens is 1. The van der Waals surface area contributed by atoms with Gasteiger partial charge in [0.25, 0.3) is 15.9 Å². The number of sulfonamides is 1. The Bertz CT molecular complexity index is 1280. The minimum Gasteiger partial charge on any atom is -0.379 e. The molecule has 2 aromatic heterocycles. The van der Waals surface area contributed by atoms with Crippen molar-refractivity contribution < 1.29 is 17.9 Å². The summed E-state index contributed by atoms with van der Waals surface area (Å²) in [5.41, 5.74) is 5.65. The van der Waals surface area contributed by atoms with Crippen molar-refractivity contribution in [3.63, 3.8) is 0 Å². The minimum atomic E-state index is -3.86. The fourth-order valence-electron chi connectivity index (χ4n) is 3.39. The molecular weight excluding hydrogens is 450 g/mol. The second-order valence-corrected chi connectivity index (χ2v) is 10.4. The van der Waals surface area contributed by atoms with Gasteiger partial charge in [-0.2, -0.15) is 4.31 Å². The van der Waals surface area contributed by atoms with Gasteiger partial charge in [-0.05, 0) is 17.7 Å². The van der Waals surface area contributed by atoms with Crippen LogP contribution in [-0.2, 0) is 21.2 Å². The molecule has 1 fully saturated rings. The van der Waals surface area contributed by atoms with Gasteiger partial charge in [0.2, 0.25) is 5.43 Å². The standard InChI is InChI=1S/C19H18ClN3O5S2/c20-12-3-1-11(2-4-12)9-13-15-16(24)14(17(21)25)10-22-18(15)29-19(13)30(26,27)23-5-7-28-8-6-23/h1-4,10H,5-9H2,(H2,21,25)(H,22,24). The highest BCUT2D eigenvalue weighted by Gasteiger charge is 2.33. The zero-order valence-electron chi connectivity index (χ0n) is 15.7. The van der Waals surface area contributed by atoms with Crippen LogP contribution in [0.25, 0.3) is 10.2 Å². The van der Waals surface area contributed by atoms with Gasteiger partial charge < -0.3 is 15.5 Å². The van der Waals surface area contributed by atoms with E-state index in [9.17, 15) is 18.0 Å². The van der Waals surface area contributed by atoms with Crippen molar-refractivity contribution in [3.05, 3.63) is 62.4 Å². The lowest BCUT2D eigenvalue weighted by Gasteiger charge is -2.25. The van der Waals surface area contributed by atoms with Gasteiger partial charge in [0.15, 0.2) is 0 Å². The van der Waals surface area contributed by atoms with Crippen molar-refractivity contribution in [1.82, 2.24) is 9.29 Å². The van der Waals surface area contributed by atoms with E-state index in [2.05, 4.69) is 4.98 Å². The molecule has 3 aromatic rings. The number of rotatable bonds is 5. The van der Waals surface area contributed by atoms with Crippen LogP contribution in [0.1, 0.15) is 21.5 Å². The molecular formula is C19H18ClN3O5S2. The Hall–Kier alpha value is -2.24. The number of pyridine rings is 1. The van der Waals surface area contributed by atoms with E-state index in [1.165, 1.54) is 10.5 Å². The maximum Gasteiger partial charge on any atom is 0.254 e. The normalized spacial score (nSPS) is 15.5. The SMILES string of the molecule is NC(=O)c1c[nH]c2sc(S(=O)(=O)N3CCOCC3)c(Cc3ccc(Cl)cc3)c2c1=O. The summed E-state index contributed by atoms with van der Waals surface area (Å²) < 4.78 is 33.5. The van der Waals surface area contributed by atoms with Gasteiger partial charge in [-0.15, -0.1) is 11.3 Å². The van der Waals surface area contributed by atoms with Crippen molar-refractivity contribution in [2.45, 2.75) is 10.6 Å². The molecule has 0 saturated carbocycles. The number of nitrogens with one attached hydrogen (secondary N) is 1. The molecule has 1 saturated heterocycles. The van der Waals surface area contributed by atoms with Crippen molar-refractivity contribution in [2.75, 3.05) is 26.3 Å². The van der Waals surface area contributed by atoms with Crippen LogP contribution in [0.3, 0.4) is 0 Å². The number of carbonyl (C=O) groups excluding carboxylic acids is 1. The number of H-pyrrole nitrogens is 1. The third kappa shape index (κ3) is 3.77. The highest BCUT2D eigenvalue weighted by atomic mass is 35.5. The Balaban J connectivity index is 1.94. The highest BCUT2D eigenvalue weighted by molar-refractivity contribution is 7.91. The summed E-state index contributed by atoms with van der Waals surface area (Å²) in [5, 5.41) is 0.710. The molecule has 4 rings (SSSR count). The average Bonchev–Trinajstić information content (AvgIpc) is 3.10. The molecule has 3 N–H and O–H groups in total. The summed E-state index contributed by atoms with van der Waals surface area (Å²) >= 11 is 6.93. The first-order valence-electron chi connectivity index (χ1n) is 9.08. The van der Waals surface area contributed by atoms with Crippen LogP contribution < -0.4 is 11.2 Å². The number of benzene rings is 1. The molecule has 0 spiro atoms. The third-order valence-electron chi connectivity index (χ3n) is 4.89. The van der Waals surface area contributed by atoms with E-state index in [-0.39, 0.29) is 34.7 Å². The Labute approximate surface area is 181 Å². The first-order chi connectivity index (χ1) is 14.3. The molecule has 0 atom stereocenters. The van der Waals surface area contributed by atoms with Crippen LogP contribution in [0.15, 0.2) is 39.5 Å². The molecule has 1 aliphatic rings. The van der Waals surface area contributed by atoms with E-state index in [0.717, 1.165) is 16.9 Å². The maximum atomic E-state index is 13.4. The fraction of sp³-hybridized carbons (Fsp3) is 0.263. The third-order valence-corrected chi connectivity index (χ3v) is 8.74. The zero-order valence-corrected chi connectivity index (χ0v) is 18.1. The van der Waals surface area contributed by atoms with E-state index in [4.69, 9.17) is 22.1 Å². The zero-order chi connectivity index (χ0) is 21.5. The van der Waals surface area contributed by atoms with Crippen LogP contribution in [0.4, 0.5) is 0 Å². The molecule has 0 radical (unpaired) electrons. The van der Waals surface area contributed by atoms with Gasteiger partial charge in [0.05, 0.1) is 18.6 Å². The largest absolute Gasteiger partial charge is 0.379 e. The van der Waals surface area contributed by atoms with Crippen LogP contribution in [0.2, 0.25) is 5.02 Å². The first kappa shape index (κ1) is 21.0. The van der Waals surface area contributed by atoms with Crippen molar-refractivity contribution in [1.29, 1.82) is 0 Å². The molecule has 1 aliphatic heterocycles. The van der Waals surface area contributed by atoms with E-state index < -0.39 is 21.4 Å². The molecule has 0 aliphatic carbocycles. The smallest absolute Gasteiger partial charge is 0.254 e. The number of carbonyl (C=O) groups is 1. The van der Waals surface area contributed by atoms with Gasteiger partial charge in [-0.3, -0.25) is 9.59 Å². The number of primary amides is 1. The molecule has 1 aromatic carbocycles. The van der Waals surface area contributed by atoms with Crippen LogP contribution in [0.5, 0.6) is 0 Å². The number of aromatic amines is 1. The summed E-state index contributed by atoms with van der Waals surface area (Å²) in [6.45, 7) is 1.08. The number of ether oxygens (including phenoxy) is 1. The lowest BCUT2D eigenvalue weighted by atomic mass is 10.0. The number of amides is 1. The Kier molecular flexibility index (Phi) is 5.69. The lowest BCUT2D eigenvalue weighted by Crippen LogP contribution is -2.40. The Morgan fingerprint density at radius 2 is 1.90 bits per heavy atom. The van der Waals surface area contributed by atoms with Crippen LogP contribution >= 0.6 is 22.9 Å². The summed E-state index contributed by atoms with van der Waals surface area (Å²) in [6.07, 6.45) is 1.40. The summed E-state index contributed by atoms with van der Waals surface area (Å²) in [4.78, 5) is 27.9.